The van der Waals surface area contributed by atoms with Gasteiger partial charge < -0.3 is 18.9 Å². The molecule has 120 valence electrons. The molecule has 0 aliphatic carbocycles. The first-order valence-corrected chi connectivity index (χ1v) is 7.38. The van der Waals surface area contributed by atoms with Crippen molar-refractivity contribution in [2.24, 2.45) is 0 Å². The molecular weight excluding hydrogens is 402 g/mol. The molecule has 1 heterocycles. The Labute approximate surface area is 134 Å². The molecule has 0 radical (unpaired) electrons. The van der Waals surface area contributed by atoms with Crippen molar-refractivity contribution < 1.29 is 37.7 Å². The summed E-state index contributed by atoms with van der Waals surface area (Å²) < 4.78 is 32.9. The first kappa shape index (κ1) is 18.1. The Hall–Kier alpha value is -0.970. The van der Waals surface area contributed by atoms with Crippen LogP contribution in [0.15, 0.2) is 0 Å². The maximum Gasteiger partial charge on any atom is 0.303 e. The molecule has 0 bridgehead atoms. The fourth-order valence-electron chi connectivity index (χ4n) is 1.85. The number of hydrogen-bond donors (Lipinski definition) is 0. The minimum absolute atomic E-state index is 0.311. The zero-order valence-electron chi connectivity index (χ0n) is 11.7. The van der Waals surface area contributed by atoms with E-state index in [0.29, 0.717) is 0 Å². The molecule has 0 N–H and O–H groups in total. The van der Waals surface area contributed by atoms with Crippen LogP contribution in [0, 0.1) is 0 Å². The Bertz CT molecular complexity index is 416. The Morgan fingerprint density at radius 3 is 2.05 bits per heavy atom. The lowest BCUT2D eigenvalue weighted by Crippen LogP contribution is -2.58. The highest BCUT2D eigenvalue weighted by Crippen LogP contribution is 2.32. The van der Waals surface area contributed by atoms with Crippen LogP contribution in [-0.2, 0) is 33.3 Å². The SMILES string of the molecule is CC(=O)OC[C@H]1O[C@@H](F)[C@H](I)[C@@H](OC(C)=O)[C@@H]1OC(C)=O. The maximum absolute atomic E-state index is 13.9. The predicted octanol–water partition coefficient (Wildman–Crippen LogP) is 0.911. The molecule has 0 unspecified atom stereocenters. The van der Waals surface area contributed by atoms with Crippen molar-refractivity contribution in [1.29, 1.82) is 0 Å². The molecular formula is C12H16FIO7. The lowest BCUT2D eigenvalue weighted by Gasteiger charge is -2.40. The van der Waals surface area contributed by atoms with Gasteiger partial charge in [-0.1, -0.05) is 22.6 Å². The van der Waals surface area contributed by atoms with E-state index in [2.05, 4.69) is 0 Å². The lowest BCUT2D eigenvalue weighted by atomic mass is 10.0. The van der Waals surface area contributed by atoms with Crippen LogP contribution in [0.2, 0.25) is 0 Å². The van der Waals surface area contributed by atoms with Gasteiger partial charge in [-0.25, -0.2) is 4.39 Å². The van der Waals surface area contributed by atoms with Gasteiger partial charge >= 0.3 is 17.9 Å². The summed E-state index contributed by atoms with van der Waals surface area (Å²) in [6.45, 7) is 3.20. The Balaban J connectivity index is 2.94. The van der Waals surface area contributed by atoms with Gasteiger partial charge in [0.25, 0.3) is 0 Å². The molecule has 1 fully saturated rings. The third-order valence-electron chi connectivity index (χ3n) is 2.61. The van der Waals surface area contributed by atoms with Crippen molar-refractivity contribution >= 4 is 40.5 Å². The van der Waals surface area contributed by atoms with Gasteiger partial charge in [0.1, 0.15) is 16.6 Å². The molecule has 21 heavy (non-hydrogen) atoms. The first-order chi connectivity index (χ1) is 9.72. The number of carbonyl (C=O) groups excluding carboxylic acids is 3. The van der Waals surface area contributed by atoms with E-state index in [9.17, 15) is 18.8 Å². The number of esters is 3. The van der Waals surface area contributed by atoms with Crippen molar-refractivity contribution in [2.75, 3.05) is 6.61 Å². The molecule has 9 heteroatoms. The maximum atomic E-state index is 13.9. The highest BCUT2D eigenvalue weighted by molar-refractivity contribution is 14.1. The number of halogens is 2. The van der Waals surface area contributed by atoms with E-state index in [1.165, 1.54) is 6.92 Å². The number of alkyl halides is 2. The molecule has 0 aromatic rings. The van der Waals surface area contributed by atoms with Crippen molar-refractivity contribution in [3.05, 3.63) is 0 Å². The highest BCUT2D eigenvalue weighted by atomic mass is 127. The monoisotopic (exact) mass is 418 g/mol. The molecule has 1 aliphatic rings. The van der Waals surface area contributed by atoms with Crippen LogP contribution in [0.4, 0.5) is 4.39 Å². The van der Waals surface area contributed by atoms with E-state index in [4.69, 9.17) is 18.9 Å². The first-order valence-electron chi connectivity index (χ1n) is 6.13. The number of hydrogen-bond acceptors (Lipinski definition) is 7. The number of carbonyl (C=O) groups is 3. The van der Waals surface area contributed by atoms with E-state index in [0.717, 1.165) is 13.8 Å². The summed E-state index contributed by atoms with van der Waals surface area (Å²) in [5, 5.41) is 0. The second kappa shape index (κ2) is 7.87. The molecule has 1 rings (SSSR count). The van der Waals surface area contributed by atoms with Crippen LogP contribution >= 0.6 is 22.6 Å². The van der Waals surface area contributed by atoms with Crippen molar-refractivity contribution in [3.63, 3.8) is 0 Å². The minimum atomic E-state index is -1.75. The van der Waals surface area contributed by atoms with Gasteiger partial charge in [0, 0.05) is 20.8 Å². The zero-order chi connectivity index (χ0) is 16.2. The fourth-order valence-corrected chi connectivity index (χ4v) is 2.58. The lowest BCUT2D eigenvalue weighted by molar-refractivity contribution is -0.229. The van der Waals surface area contributed by atoms with Gasteiger partial charge in [-0.15, -0.1) is 0 Å². The number of rotatable bonds is 4. The second-order valence-corrected chi connectivity index (χ2v) is 5.86. The Morgan fingerprint density at radius 1 is 1.05 bits per heavy atom. The highest BCUT2D eigenvalue weighted by Gasteiger charge is 2.49. The molecule has 0 spiro atoms. The Kier molecular flexibility index (Phi) is 6.78. The minimum Gasteiger partial charge on any atom is -0.463 e. The standard InChI is InChI=1S/C12H16FIO7/c1-5(15)18-4-8-10(19-6(2)16)11(20-7(3)17)9(14)12(13)21-8/h8-12H,4H2,1-3H3/t8-,9-,10-,11-,12-/m1/s1. The van der Waals surface area contributed by atoms with E-state index >= 15 is 0 Å². The molecule has 0 aromatic heterocycles. The van der Waals surface area contributed by atoms with Crippen LogP contribution in [0.3, 0.4) is 0 Å². The molecule has 7 nitrogen and oxygen atoms in total. The zero-order valence-corrected chi connectivity index (χ0v) is 13.9. The number of ether oxygens (including phenoxy) is 4. The third-order valence-corrected chi connectivity index (χ3v) is 3.89. The van der Waals surface area contributed by atoms with Crippen LogP contribution < -0.4 is 0 Å². The largest absolute Gasteiger partial charge is 0.463 e. The summed E-state index contributed by atoms with van der Waals surface area (Å²) in [6, 6.07) is 0. The predicted molar refractivity (Wildman–Crippen MR) is 75.3 cm³/mol. The third kappa shape index (κ3) is 5.38. The molecule has 0 saturated carbocycles. The smallest absolute Gasteiger partial charge is 0.303 e. The topological polar surface area (TPSA) is 88.1 Å². The summed E-state index contributed by atoms with van der Waals surface area (Å²) in [7, 11) is 0. The summed E-state index contributed by atoms with van der Waals surface area (Å²) in [5.74, 6) is -1.87. The van der Waals surface area contributed by atoms with Gasteiger partial charge in [0.05, 0.1) is 0 Å². The molecule has 5 atom stereocenters. The summed E-state index contributed by atoms with van der Waals surface area (Å²) in [5.41, 5.74) is 0. The summed E-state index contributed by atoms with van der Waals surface area (Å²) >= 11 is 1.72. The van der Waals surface area contributed by atoms with E-state index in [-0.39, 0.29) is 6.61 Å². The normalized spacial score (nSPS) is 32.1. The van der Waals surface area contributed by atoms with E-state index in [1.54, 1.807) is 22.6 Å². The van der Waals surface area contributed by atoms with E-state index < -0.39 is 46.5 Å². The van der Waals surface area contributed by atoms with Crippen LogP contribution in [0.5, 0.6) is 0 Å². The second-order valence-electron chi connectivity index (χ2n) is 4.42. The van der Waals surface area contributed by atoms with E-state index in [1.807, 2.05) is 0 Å². The van der Waals surface area contributed by atoms with Gasteiger partial charge in [-0.3, -0.25) is 14.4 Å². The molecule has 1 saturated heterocycles. The molecule has 0 amide bonds. The van der Waals surface area contributed by atoms with Crippen LogP contribution in [0.25, 0.3) is 0 Å². The average Bonchev–Trinajstić information content (AvgIpc) is 2.35. The average molecular weight is 418 g/mol. The Morgan fingerprint density at radius 2 is 1.57 bits per heavy atom. The summed E-state index contributed by atoms with van der Waals surface area (Å²) in [4.78, 5) is 33.2. The van der Waals surface area contributed by atoms with Gasteiger partial charge in [0.2, 0.25) is 6.36 Å². The van der Waals surface area contributed by atoms with Crippen molar-refractivity contribution in [1.82, 2.24) is 0 Å². The van der Waals surface area contributed by atoms with Crippen LogP contribution in [-0.4, -0.2) is 53.1 Å². The van der Waals surface area contributed by atoms with Gasteiger partial charge in [-0.2, -0.15) is 0 Å². The summed E-state index contributed by atoms with van der Waals surface area (Å²) in [6.07, 6.45) is -4.89. The van der Waals surface area contributed by atoms with Crippen molar-refractivity contribution in [3.8, 4) is 0 Å². The van der Waals surface area contributed by atoms with Crippen LogP contribution in [0.1, 0.15) is 20.8 Å². The van der Waals surface area contributed by atoms with Gasteiger partial charge in [-0.05, 0) is 0 Å². The quantitative estimate of drug-likeness (QED) is 0.290. The molecule has 1 aliphatic heterocycles. The molecule has 0 aromatic carbocycles. The van der Waals surface area contributed by atoms with Crippen molar-refractivity contribution in [2.45, 2.75) is 49.4 Å². The fraction of sp³-hybridized carbons (Fsp3) is 0.750. The van der Waals surface area contributed by atoms with Gasteiger partial charge in [0.15, 0.2) is 12.2 Å².